The van der Waals surface area contributed by atoms with Gasteiger partial charge in [0.15, 0.2) is 0 Å². The van der Waals surface area contributed by atoms with Gasteiger partial charge in [0.2, 0.25) is 0 Å². The first kappa shape index (κ1) is 17.9. The minimum absolute atomic E-state index is 0.223. The summed E-state index contributed by atoms with van der Waals surface area (Å²) in [7, 11) is 0. The molecular weight excluding hydrogens is 300 g/mol. The maximum atomic E-state index is 10.7. The Bertz CT molecular complexity index is 534. The van der Waals surface area contributed by atoms with Crippen molar-refractivity contribution in [2.75, 3.05) is 26.2 Å². The lowest BCUT2D eigenvalue weighted by atomic mass is 9.99. The van der Waals surface area contributed by atoms with Gasteiger partial charge in [-0.15, -0.1) is 0 Å². The van der Waals surface area contributed by atoms with Gasteiger partial charge in [0.25, 0.3) is 0 Å². The molecule has 24 heavy (non-hydrogen) atoms. The van der Waals surface area contributed by atoms with E-state index in [2.05, 4.69) is 40.4 Å². The van der Waals surface area contributed by atoms with Gasteiger partial charge in [-0.2, -0.15) is 5.10 Å². The summed E-state index contributed by atoms with van der Waals surface area (Å²) in [4.78, 5) is 4.97. The van der Waals surface area contributed by atoms with Crippen molar-refractivity contribution in [1.82, 2.24) is 19.6 Å². The molecule has 0 bridgehead atoms. The Morgan fingerprint density at radius 2 is 1.79 bits per heavy atom. The molecule has 2 saturated heterocycles. The summed E-state index contributed by atoms with van der Waals surface area (Å²) >= 11 is 0. The van der Waals surface area contributed by atoms with E-state index in [0.29, 0.717) is 6.04 Å². The number of likely N-dealkylation sites (tertiary alicyclic amines) is 2. The van der Waals surface area contributed by atoms with Crippen molar-refractivity contribution >= 4 is 0 Å². The van der Waals surface area contributed by atoms with Crippen LogP contribution in [0.15, 0.2) is 0 Å². The van der Waals surface area contributed by atoms with Gasteiger partial charge >= 0.3 is 0 Å². The lowest BCUT2D eigenvalue weighted by molar-refractivity contribution is -0.0145. The number of piperidine rings is 1. The van der Waals surface area contributed by atoms with Gasteiger partial charge in [-0.05, 0) is 53.1 Å². The summed E-state index contributed by atoms with van der Waals surface area (Å²) in [5.74, 6) is 0. The van der Waals surface area contributed by atoms with E-state index in [4.69, 9.17) is 0 Å². The fourth-order valence-corrected chi connectivity index (χ4v) is 4.48. The second-order valence-electron chi connectivity index (χ2n) is 7.57. The Balaban J connectivity index is 1.60. The highest BCUT2D eigenvalue weighted by Crippen LogP contribution is 2.23. The predicted molar refractivity (Wildman–Crippen MR) is 97.1 cm³/mol. The molecule has 0 spiro atoms. The van der Waals surface area contributed by atoms with E-state index >= 15 is 0 Å². The van der Waals surface area contributed by atoms with Crippen LogP contribution in [0.5, 0.6) is 0 Å². The lowest BCUT2D eigenvalue weighted by Crippen LogP contribution is -2.54. The molecule has 5 nitrogen and oxygen atoms in total. The van der Waals surface area contributed by atoms with Crippen LogP contribution < -0.4 is 0 Å². The Morgan fingerprint density at radius 1 is 1.08 bits per heavy atom. The molecule has 3 rings (SSSR count). The summed E-state index contributed by atoms with van der Waals surface area (Å²) in [5, 5.41) is 15.4. The molecule has 0 unspecified atom stereocenters. The highest BCUT2D eigenvalue weighted by molar-refractivity contribution is 5.24. The predicted octanol–water partition coefficient (Wildman–Crippen LogP) is 2.33. The van der Waals surface area contributed by atoms with Crippen LogP contribution in [0.3, 0.4) is 0 Å². The number of aromatic nitrogens is 2. The average molecular weight is 335 g/mol. The molecule has 2 aliphatic heterocycles. The Morgan fingerprint density at radius 3 is 2.38 bits per heavy atom. The monoisotopic (exact) mass is 334 g/mol. The van der Waals surface area contributed by atoms with Crippen molar-refractivity contribution in [2.24, 2.45) is 0 Å². The molecule has 0 aromatic carbocycles. The fraction of sp³-hybridized carbons (Fsp3) is 0.842. The Hall–Kier alpha value is -0.910. The maximum absolute atomic E-state index is 10.7. The molecule has 0 radical (unpaired) electrons. The first-order valence-electron chi connectivity index (χ1n) is 9.77. The third-order valence-corrected chi connectivity index (χ3v) is 5.95. The first-order valence-corrected chi connectivity index (χ1v) is 9.77. The third-order valence-electron chi connectivity index (χ3n) is 5.95. The van der Waals surface area contributed by atoms with Crippen molar-refractivity contribution in [1.29, 1.82) is 0 Å². The van der Waals surface area contributed by atoms with Crippen LogP contribution in [-0.4, -0.2) is 63.0 Å². The molecular formula is C19H34N4O. The van der Waals surface area contributed by atoms with E-state index in [1.165, 1.54) is 50.0 Å². The van der Waals surface area contributed by atoms with Crippen molar-refractivity contribution < 1.29 is 5.11 Å². The molecule has 2 aliphatic rings. The quantitative estimate of drug-likeness (QED) is 0.918. The molecule has 0 saturated carbocycles. The van der Waals surface area contributed by atoms with Crippen LogP contribution in [0.4, 0.5) is 0 Å². The highest BCUT2D eigenvalue weighted by atomic mass is 16.3. The number of rotatable bonds is 4. The first-order chi connectivity index (χ1) is 11.6. The van der Waals surface area contributed by atoms with Gasteiger partial charge in [-0.25, -0.2) is 0 Å². The number of hydrogen-bond donors (Lipinski definition) is 1. The van der Waals surface area contributed by atoms with Crippen LogP contribution in [0.25, 0.3) is 0 Å². The molecule has 1 aromatic heterocycles. The number of aliphatic hydroxyl groups excluding tert-OH is 1. The van der Waals surface area contributed by atoms with Crippen LogP contribution >= 0.6 is 0 Å². The van der Waals surface area contributed by atoms with Crippen LogP contribution in [0.1, 0.15) is 56.0 Å². The second-order valence-corrected chi connectivity index (χ2v) is 7.57. The number of aryl methyl sites for hydroxylation is 2. The number of nitrogens with zero attached hydrogens (tertiary/aromatic N) is 4. The summed E-state index contributed by atoms with van der Waals surface area (Å²) in [6, 6.07) is 0.361. The van der Waals surface area contributed by atoms with Gasteiger partial charge in [0.1, 0.15) is 0 Å². The average Bonchev–Trinajstić information content (AvgIpc) is 2.77. The number of hydrogen-bond acceptors (Lipinski definition) is 4. The summed E-state index contributed by atoms with van der Waals surface area (Å²) in [6.45, 7) is 12.5. The zero-order valence-electron chi connectivity index (χ0n) is 15.7. The summed E-state index contributed by atoms with van der Waals surface area (Å²) < 4.78 is 2.09. The third kappa shape index (κ3) is 3.84. The maximum Gasteiger partial charge on any atom is 0.0822 e. The van der Waals surface area contributed by atoms with E-state index < -0.39 is 0 Å². The van der Waals surface area contributed by atoms with Gasteiger partial charge < -0.3 is 5.11 Å². The summed E-state index contributed by atoms with van der Waals surface area (Å²) in [5.41, 5.74) is 3.76. The normalized spacial score (nSPS) is 27.3. The van der Waals surface area contributed by atoms with Crippen molar-refractivity contribution in [3.05, 3.63) is 17.0 Å². The standard InChI is InChI=1S/C19H34N4O/c1-4-23-16(3)17(15(2)20-23)13-21-12-9-18(19(24)14-21)22-10-7-5-6-8-11-22/h18-19,24H,4-14H2,1-3H3/t18-,19-/m1/s1. The van der Waals surface area contributed by atoms with Gasteiger partial charge in [0.05, 0.1) is 11.8 Å². The highest BCUT2D eigenvalue weighted by Gasteiger charge is 2.32. The van der Waals surface area contributed by atoms with Crippen LogP contribution in [0.2, 0.25) is 0 Å². The number of β-amino-alcohol motifs (C(OH)–C–C–N with tert-alkyl or cyclic N) is 1. The molecule has 0 aliphatic carbocycles. The largest absolute Gasteiger partial charge is 0.390 e. The number of aliphatic hydroxyl groups is 1. The van der Waals surface area contributed by atoms with E-state index in [9.17, 15) is 5.11 Å². The zero-order valence-corrected chi connectivity index (χ0v) is 15.7. The van der Waals surface area contributed by atoms with E-state index in [-0.39, 0.29) is 6.10 Å². The summed E-state index contributed by atoms with van der Waals surface area (Å²) in [6.07, 6.45) is 6.15. The van der Waals surface area contributed by atoms with Crippen molar-refractivity contribution in [3.63, 3.8) is 0 Å². The molecule has 1 N–H and O–H groups in total. The molecule has 0 amide bonds. The van der Waals surface area contributed by atoms with Gasteiger partial charge in [0, 0.05) is 43.5 Å². The van der Waals surface area contributed by atoms with E-state index in [1.807, 2.05) is 0 Å². The molecule has 3 heterocycles. The molecule has 2 atom stereocenters. The second kappa shape index (κ2) is 7.98. The smallest absolute Gasteiger partial charge is 0.0822 e. The zero-order chi connectivity index (χ0) is 17.1. The van der Waals surface area contributed by atoms with Crippen molar-refractivity contribution in [2.45, 2.75) is 78.1 Å². The minimum atomic E-state index is -0.223. The molecule has 1 aromatic rings. The lowest BCUT2D eigenvalue weighted by Gasteiger charge is -2.41. The van der Waals surface area contributed by atoms with Gasteiger partial charge in [-0.3, -0.25) is 14.5 Å². The molecule has 136 valence electrons. The van der Waals surface area contributed by atoms with Gasteiger partial charge in [-0.1, -0.05) is 12.8 Å². The van der Waals surface area contributed by atoms with E-state index in [1.54, 1.807) is 0 Å². The Kier molecular flexibility index (Phi) is 5.95. The van der Waals surface area contributed by atoms with Crippen LogP contribution in [-0.2, 0) is 13.1 Å². The topological polar surface area (TPSA) is 44.5 Å². The molecule has 5 heteroatoms. The SMILES string of the molecule is CCn1nc(C)c(CN2CC[C@@H](N3CCCCCC3)[C@H](O)C2)c1C. The Labute approximate surface area is 146 Å². The fourth-order valence-electron chi connectivity index (χ4n) is 4.48. The van der Waals surface area contributed by atoms with Crippen LogP contribution in [0, 0.1) is 13.8 Å². The van der Waals surface area contributed by atoms with E-state index in [0.717, 1.165) is 38.3 Å². The van der Waals surface area contributed by atoms with Crippen molar-refractivity contribution in [3.8, 4) is 0 Å². The minimum Gasteiger partial charge on any atom is -0.390 e. The molecule has 2 fully saturated rings.